The van der Waals surface area contributed by atoms with Gasteiger partial charge in [0.1, 0.15) is 6.33 Å². The van der Waals surface area contributed by atoms with Crippen LogP contribution in [0.3, 0.4) is 0 Å². The Morgan fingerprint density at radius 2 is 2.00 bits per heavy atom. The van der Waals surface area contributed by atoms with E-state index in [0.717, 1.165) is 42.5 Å². The summed E-state index contributed by atoms with van der Waals surface area (Å²) in [6, 6.07) is 0.410. The molecule has 0 radical (unpaired) electrons. The molecule has 7 nitrogen and oxygen atoms in total. The smallest absolute Gasteiger partial charge is 0.252 e. The number of amides is 1. The molecule has 1 fully saturated rings. The van der Waals surface area contributed by atoms with E-state index in [4.69, 9.17) is 0 Å². The Labute approximate surface area is 167 Å². The third-order valence-electron chi connectivity index (χ3n) is 6.16. The predicted octanol–water partition coefficient (Wildman–Crippen LogP) is 2.55. The molecule has 1 aliphatic rings. The van der Waals surface area contributed by atoms with E-state index in [9.17, 15) is 4.79 Å². The number of carbonyl (C=O) groups excluding carboxylic acids is 1. The van der Waals surface area contributed by atoms with E-state index < -0.39 is 0 Å². The fourth-order valence-corrected chi connectivity index (χ4v) is 4.21. The zero-order valence-electron chi connectivity index (χ0n) is 17.9. The van der Waals surface area contributed by atoms with E-state index in [-0.39, 0.29) is 5.91 Å². The molecule has 0 aliphatic carbocycles. The second kappa shape index (κ2) is 8.99. The van der Waals surface area contributed by atoms with Crippen LogP contribution in [0.15, 0.2) is 6.33 Å². The average molecular weight is 387 g/mol. The maximum absolute atomic E-state index is 12.5. The van der Waals surface area contributed by atoms with Gasteiger partial charge >= 0.3 is 0 Å². The van der Waals surface area contributed by atoms with Crippen molar-refractivity contribution >= 4 is 11.7 Å². The van der Waals surface area contributed by atoms with Crippen LogP contribution in [0.2, 0.25) is 0 Å². The Morgan fingerprint density at radius 3 is 2.68 bits per heavy atom. The van der Waals surface area contributed by atoms with E-state index in [1.54, 1.807) is 4.52 Å². The lowest BCUT2D eigenvalue weighted by Gasteiger charge is -2.38. The first-order valence-electron chi connectivity index (χ1n) is 10.5. The monoisotopic (exact) mass is 386 g/mol. The summed E-state index contributed by atoms with van der Waals surface area (Å²) in [5, 5.41) is 7.40. The molecule has 7 heteroatoms. The van der Waals surface area contributed by atoms with E-state index in [0.29, 0.717) is 30.6 Å². The molecule has 0 aromatic carbocycles. The summed E-state index contributed by atoms with van der Waals surface area (Å²) >= 11 is 0. The van der Waals surface area contributed by atoms with E-state index in [1.807, 2.05) is 13.8 Å². The minimum absolute atomic E-state index is 0.105. The van der Waals surface area contributed by atoms with Crippen molar-refractivity contribution in [2.75, 3.05) is 19.6 Å². The Morgan fingerprint density at radius 1 is 1.29 bits per heavy atom. The van der Waals surface area contributed by atoms with Gasteiger partial charge in [0.05, 0.1) is 0 Å². The maximum atomic E-state index is 12.5. The number of aryl methyl sites for hydroxylation is 2. The molecule has 3 rings (SSSR count). The fourth-order valence-electron chi connectivity index (χ4n) is 4.21. The third-order valence-corrected chi connectivity index (χ3v) is 6.16. The Balaban J connectivity index is 1.55. The highest BCUT2D eigenvalue weighted by molar-refractivity contribution is 5.76. The van der Waals surface area contributed by atoms with E-state index >= 15 is 0 Å². The van der Waals surface area contributed by atoms with Crippen molar-refractivity contribution in [3.63, 3.8) is 0 Å². The second-order valence-electron chi connectivity index (χ2n) is 8.57. The first-order chi connectivity index (χ1) is 13.4. The number of hydrogen-bond acceptors (Lipinski definition) is 5. The molecule has 2 aromatic rings. The number of nitrogens with one attached hydrogen (secondary N) is 1. The van der Waals surface area contributed by atoms with Gasteiger partial charge in [-0.25, -0.2) is 9.50 Å². The number of carbonyl (C=O) groups is 1. The number of fused-ring (bicyclic) bond motifs is 1. The molecule has 154 valence electrons. The number of rotatable bonds is 7. The number of nitrogens with zero attached hydrogens (tertiary/aromatic N) is 5. The van der Waals surface area contributed by atoms with Crippen LogP contribution in [0.5, 0.6) is 0 Å². The summed E-state index contributed by atoms with van der Waals surface area (Å²) in [4.78, 5) is 23.7. The number of piperidine rings is 1. The van der Waals surface area contributed by atoms with Crippen LogP contribution in [0.25, 0.3) is 5.78 Å². The molecule has 28 heavy (non-hydrogen) atoms. The Hall–Kier alpha value is -2.02. The van der Waals surface area contributed by atoms with Crippen molar-refractivity contribution in [2.45, 2.75) is 66.3 Å². The van der Waals surface area contributed by atoms with Crippen molar-refractivity contribution in [1.82, 2.24) is 29.8 Å². The molecule has 1 aliphatic heterocycles. The maximum Gasteiger partial charge on any atom is 0.252 e. The van der Waals surface area contributed by atoms with Crippen molar-refractivity contribution in [2.24, 2.45) is 11.8 Å². The molecule has 1 saturated heterocycles. The van der Waals surface area contributed by atoms with Gasteiger partial charge in [0, 0.05) is 30.4 Å². The predicted molar refractivity (Wildman–Crippen MR) is 110 cm³/mol. The van der Waals surface area contributed by atoms with Crippen LogP contribution in [0.4, 0.5) is 0 Å². The number of hydrogen-bond donors (Lipinski definition) is 1. The summed E-state index contributed by atoms with van der Waals surface area (Å²) in [7, 11) is 0. The van der Waals surface area contributed by atoms with E-state index in [2.05, 4.69) is 46.1 Å². The van der Waals surface area contributed by atoms with Crippen LogP contribution in [-0.4, -0.2) is 56.1 Å². The van der Waals surface area contributed by atoms with Gasteiger partial charge < -0.3 is 5.32 Å². The largest absolute Gasteiger partial charge is 0.355 e. The molecule has 0 bridgehead atoms. The second-order valence-corrected chi connectivity index (χ2v) is 8.57. The van der Waals surface area contributed by atoms with Crippen LogP contribution >= 0.6 is 0 Å². The SMILES string of the molecule is Cc1nc2ncnn2c(C)c1CCC(=O)NCC(C(C)C)N1CCC(C)CC1. The first kappa shape index (κ1) is 20.7. The third kappa shape index (κ3) is 4.69. The quantitative estimate of drug-likeness (QED) is 0.791. The fraction of sp³-hybridized carbons (Fsp3) is 0.714. The zero-order valence-corrected chi connectivity index (χ0v) is 17.9. The first-order valence-corrected chi connectivity index (χ1v) is 10.5. The summed E-state index contributed by atoms with van der Waals surface area (Å²) in [6.07, 6.45) is 5.16. The summed E-state index contributed by atoms with van der Waals surface area (Å²) in [5.41, 5.74) is 3.02. The molecule has 3 heterocycles. The minimum Gasteiger partial charge on any atom is -0.355 e. The van der Waals surface area contributed by atoms with Gasteiger partial charge in [-0.3, -0.25) is 9.69 Å². The number of likely N-dealkylation sites (tertiary alicyclic amines) is 1. The summed E-state index contributed by atoms with van der Waals surface area (Å²) < 4.78 is 1.74. The summed E-state index contributed by atoms with van der Waals surface area (Å²) in [5.74, 6) is 2.06. The number of aromatic nitrogens is 4. The lowest BCUT2D eigenvalue weighted by atomic mass is 9.94. The highest BCUT2D eigenvalue weighted by Crippen LogP contribution is 2.21. The Bertz CT molecular complexity index is 807. The van der Waals surface area contributed by atoms with Gasteiger partial charge in [0.15, 0.2) is 0 Å². The van der Waals surface area contributed by atoms with Gasteiger partial charge in [0.2, 0.25) is 5.91 Å². The van der Waals surface area contributed by atoms with Gasteiger partial charge in [-0.2, -0.15) is 10.1 Å². The van der Waals surface area contributed by atoms with Crippen LogP contribution < -0.4 is 5.32 Å². The van der Waals surface area contributed by atoms with Gasteiger partial charge in [-0.05, 0) is 63.6 Å². The highest BCUT2D eigenvalue weighted by atomic mass is 16.1. The summed E-state index contributed by atoms with van der Waals surface area (Å²) in [6.45, 7) is 13.8. The molecule has 2 aromatic heterocycles. The minimum atomic E-state index is 0.105. The van der Waals surface area contributed by atoms with Crippen molar-refractivity contribution in [3.05, 3.63) is 23.3 Å². The van der Waals surface area contributed by atoms with Crippen molar-refractivity contribution < 1.29 is 4.79 Å². The van der Waals surface area contributed by atoms with Crippen LogP contribution in [0, 0.1) is 25.7 Å². The molecule has 1 amide bonds. The average Bonchev–Trinajstić information content (AvgIpc) is 3.11. The zero-order chi connectivity index (χ0) is 20.3. The molecular formula is C21H34N6O. The molecular weight excluding hydrogens is 352 g/mol. The van der Waals surface area contributed by atoms with Gasteiger partial charge in [-0.15, -0.1) is 0 Å². The standard InChI is InChI=1S/C21H34N6O/c1-14(2)19(26-10-8-15(3)9-11-26)12-22-20(28)7-6-18-16(4)25-21-23-13-24-27(21)17(18)5/h13-15,19H,6-12H2,1-5H3,(H,22,28). The van der Waals surface area contributed by atoms with Crippen LogP contribution in [-0.2, 0) is 11.2 Å². The molecule has 0 saturated carbocycles. The lowest BCUT2D eigenvalue weighted by Crippen LogP contribution is -2.49. The Kier molecular flexibility index (Phi) is 6.65. The highest BCUT2D eigenvalue weighted by Gasteiger charge is 2.26. The topological polar surface area (TPSA) is 75.4 Å². The molecule has 0 spiro atoms. The molecule has 1 unspecified atom stereocenters. The molecule has 1 N–H and O–H groups in total. The van der Waals surface area contributed by atoms with Crippen molar-refractivity contribution in [1.29, 1.82) is 0 Å². The van der Waals surface area contributed by atoms with E-state index in [1.165, 1.54) is 19.2 Å². The van der Waals surface area contributed by atoms with Gasteiger partial charge in [-0.1, -0.05) is 20.8 Å². The van der Waals surface area contributed by atoms with Gasteiger partial charge in [0.25, 0.3) is 5.78 Å². The van der Waals surface area contributed by atoms with Crippen LogP contribution in [0.1, 0.15) is 57.0 Å². The van der Waals surface area contributed by atoms with Crippen molar-refractivity contribution in [3.8, 4) is 0 Å². The lowest BCUT2D eigenvalue weighted by molar-refractivity contribution is -0.121. The normalized spacial score (nSPS) is 17.4. The molecule has 1 atom stereocenters.